The van der Waals surface area contributed by atoms with Gasteiger partial charge in [0, 0.05) is 6.04 Å². The van der Waals surface area contributed by atoms with Crippen molar-refractivity contribution >= 4 is 27.5 Å². The van der Waals surface area contributed by atoms with E-state index in [-0.39, 0.29) is 28.5 Å². The van der Waals surface area contributed by atoms with Gasteiger partial charge >= 0.3 is 0 Å². The molecule has 0 radical (unpaired) electrons. The monoisotopic (exact) mass is 320 g/mol. The van der Waals surface area contributed by atoms with Crippen LogP contribution in [0.3, 0.4) is 0 Å². The van der Waals surface area contributed by atoms with Crippen molar-refractivity contribution in [1.82, 2.24) is 5.32 Å². The number of carbonyl (C=O) groups excluding carboxylic acids is 1. The molecule has 1 aromatic carbocycles. The van der Waals surface area contributed by atoms with E-state index in [9.17, 15) is 13.2 Å². The second-order valence-corrected chi connectivity index (χ2v) is 6.13. The Morgan fingerprint density at radius 2 is 2.15 bits per heavy atom. The van der Waals surface area contributed by atoms with Crippen molar-refractivity contribution in [2.24, 2.45) is 5.14 Å². The van der Waals surface area contributed by atoms with Gasteiger partial charge in [-0.15, -0.1) is 11.6 Å². The van der Waals surface area contributed by atoms with Crippen LogP contribution in [0.25, 0.3) is 0 Å². The first-order chi connectivity index (χ1) is 9.27. The van der Waals surface area contributed by atoms with E-state index in [2.05, 4.69) is 5.32 Å². The molecule has 6 nitrogen and oxygen atoms in total. The van der Waals surface area contributed by atoms with E-state index in [1.54, 1.807) is 13.0 Å². The van der Waals surface area contributed by atoms with Crippen molar-refractivity contribution < 1.29 is 17.9 Å². The van der Waals surface area contributed by atoms with Crippen molar-refractivity contribution in [3.8, 4) is 5.75 Å². The van der Waals surface area contributed by atoms with Gasteiger partial charge in [-0.05, 0) is 31.0 Å². The number of benzene rings is 1. The zero-order valence-corrected chi connectivity index (χ0v) is 12.8. The van der Waals surface area contributed by atoms with Gasteiger partial charge in [0.1, 0.15) is 16.5 Å². The second-order valence-electron chi connectivity index (χ2n) is 4.34. The maximum absolute atomic E-state index is 11.5. The van der Waals surface area contributed by atoms with E-state index in [0.29, 0.717) is 6.42 Å². The molecular formula is C12H17ClN2O4S. The molecule has 0 unspecified atom stereocenters. The average molecular weight is 321 g/mol. The smallest absolute Gasteiger partial charge is 0.241 e. The summed E-state index contributed by atoms with van der Waals surface area (Å²) in [5.41, 5.74) is 0.720. The fraction of sp³-hybridized carbons (Fsp3) is 0.417. The number of primary sulfonamides is 1. The lowest BCUT2D eigenvalue weighted by molar-refractivity contribution is -0.119. The van der Waals surface area contributed by atoms with Crippen molar-refractivity contribution in [1.29, 1.82) is 0 Å². The molecule has 112 valence electrons. The van der Waals surface area contributed by atoms with Gasteiger partial charge in [0.15, 0.2) is 0 Å². The number of hydrogen-bond acceptors (Lipinski definition) is 4. The standard InChI is InChI=1S/C12H17ClN2O4S/c1-8(15-12(16)7-13)5-9-3-4-10(19-2)11(6-9)20(14,17)18/h3-4,6,8H,5,7H2,1-2H3,(H,15,16)(H2,14,17,18)/t8-/m1/s1. The molecular weight excluding hydrogens is 304 g/mol. The second kappa shape index (κ2) is 6.92. The van der Waals surface area contributed by atoms with Gasteiger partial charge in [-0.3, -0.25) is 4.79 Å². The van der Waals surface area contributed by atoms with Crippen LogP contribution in [0.15, 0.2) is 23.1 Å². The molecule has 0 bridgehead atoms. The van der Waals surface area contributed by atoms with E-state index >= 15 is 0 Å². The van der Waals surface area contributed by atoms with Crippen LogP contribution in [0.1, 0.15) is 12.5 Å². The Morgan fingerprint density at radius 1 is 1.50 bits per heavy atom. The van der Waals surface area contributed by atoms with Crippen molar-refractivity contribution in [2.45, 2.75) is 24.3 Å². The topological polar surface area (TPSA) is 98.5 Å². The normalized spacial score (nSPS) is 12.8. The Labute approximate surface area is 123 Å². The number of hydrogen-bond donors (Lipinski definition) is 2. The SMILES string of the molecule is COc1ccc(C[C@@H](C)NC(=O)CCl)cc1S(N)(=O)=O. The first-order valence-electron chi connectivity index (χ1n) is 5.83. The molecule has 20 heavy (non-hydrogen) atoms. The molecule has 0 spiro atoms. The summed E-state index contributed by atoms with van der Waals surface area (Å²) in [4.78, 5) is 11.1. The van der Waals surface area contributed by atoms with Crippen LogP contribution < -0.4 is 15.2 Å². The molecule has 0 aliphatic heterocycles. The zero-order valence-electron chi connectivity index (χ0n) is 11.2. The van der Waals surface area contributed by atoms with Gasteiger partial charge in [0.25, 0.3) is 0 Å². The first kappa shape index (κ1) is 16.7. The highest BCUT2D eigenvalue weighted by molar-refractivity contribution is 7.89. The third kappa shape index (κ3) is 4.66. The summed E-state index contributed by atoms with van der Waals surface area (Å²) in [5, 5.41) is 7.82. The van der Waals surface area contributed by atoms with Crippen LogP contribution in [-0.4, -0.2) is 33.4 Å². The Morgan fingerprint density at radius 3 is 2.65 bits per heavy atom. The first-order valence-corrected chi connectivity index (χ1v) is 7.91. The molecule has 0 fully saturated rings. The lowest BCUT2D eigenvalue weighted by atomic mass is 10.1. The molecule has 1 rings (SSSR count). The van der Waals surface area contributed by atoms with Gasteiger partial charge in [-0.1, -0.05) is 6.07 Å². The van der Waals surface area contributed by atoms with E-state index in [1.807, 2.05) is 0 Å². The molecule has 0 heterocycles. The van der Waals surface area contributed by atoms with Crippen molar-refractivity contribution in [3.05, 3.63) is 23.8 Å². The van der Waals surface area contributed by atoms with Crippen LogP contribution in [0.5, 0.6) is 5.75 Å². The summed E-state index contributed by atoms with van der Waals surface area (Å²) in [6.07, 6.45) is 0.454. The van der Waals surface area contributed by atoms with Gasteiger partial charge in [-0.25, -0.2) is 13.6 Å². The number of amides is 1. The van der Waals surface area contributed by atoms with Gasteiger partial charge in [0.05, 0.1) is 7.11 Å². The fourth-order valence-electron chi connectivity index (χ4n) is 1.79. The Bertz CT molecular complexity index is 589. The predicted octanol–water partition coefficient (Wildman–Crippen LogP) is 0.629. The highest BCUT2D eigenvalue weighted by Crippen LogP contribution is 2.24. The molecule has 0 aliphatic carbocycles. The molecule has 8 heteroatoms. The minimum atomic E-state index is -3.87. The van der Waals surface area contributed by atoms with Crippen LogP contribution in [0, 0.1) is 0 Å². The summed E-state index contributed by atoms with van der Waals surface area (Å²) in [6.45, 7) is 1.80. The molecule has 3 N–H and O–H groups in total. The molecule has 0 saturated carbocycles. The number of sulfonamides is 1. The number of rotatable bonds is 6. The highest BCUT2D eigenvalue weighted by Gasteiger charge is 2.16. The molecule has 1 amide bonds. The maximum Gasteiger partial charge on any atom is 0.241 e. The summed E-state index contributed by atoms with van der Waals surface area (Å²) in [6, 6.07) is 4.52. The summed E-state index contributed by atoms with van der Waals surface area (Å²) >= 11 is 5.40. The molecule has 1 aromatic rings. The number of halogens is 1. The molecule has 0 aromatic heterocycles. The van der Waals surface area contributed by atoms with E-state index in [0.717, 1.165) is 5.56 Å². The minimum absolute atomic E-state index is 0.0756. The van der Waals surface area contributed by atoms with E-state index in [1.165, 1.54) is 19.2 Å². The number of carbonyl (C=O) groups is 1. The lowest BCUT2D eigenvalue weighted by Crippen LogP contribution is -2.34. The molecule has 0 aliphatic rings. The van der Waals surface area contributed by atoms with E-state index in [4.69, 9.17) is 21.5 Å². The number of nitrogens with one attached hydrogen (secondary N) is 1. The van der Waals surface area contributed by atoms with Crippen molar-refractivity contribution in [2.75, 3.05) is 13.0 Å². The third-order valence-corrected chi connectivity index (χ3v) is 3.78. The van der Waals surface area contributed by atoms with Crippen LogP contribution in [0.4, 0.5) is 0 Å². The summed E-state index contributed by atoms with van der Waals surface area (Å²) in [5.74, 6) is -0.205. The highest BCUT2D eigenvalue weighted by atomic mass is 35.5. The number of methoxy groups -OCH3 is 1. The zero-order chi connectivity index (χ0) is 15.3. The Hall–Kier alpha value is -1.31. The number of alkyl halides is 1. The fourth-order valence-corrected chi connectivity index (χ4v) is 2.61. The largest absolute Gasteiger partial charge is 0.495 e. The quantitative estimate of drug-likeness (QED) is 0.751. The third-order valence-electron chi connectivity index (χ3n) is 2.61. The number of nitrogens with two attached hydrogens (primary N) is 1. The van der Waals surface area contributed by atoms with Crippen molar-refractivity contribution in [3.63, 3.8) is 0 Å². The average Bonchev–Trinajstić information content (AvgIpc) is 2.37. The van der Waals surface area contributed by atoms with E-state index < -0.39 is 10.0 Å². The summed E-state index contributed by atoms with van der Waals surface area (Å²) < 4.78 is 27.9. The molecule has 1 atom stereocenters. The van der Waals surface area contributed by atoms with Crippen LogP contribution >= 0.6 is 11.6 Å². The molecule has 0 saturated heterocycles. The van der Waals surface area contributed by atoms with Gasteiger partial charge < -0.3 is 10.1 Å². The van der Waals surface area contributed by atoms with Crippen LogP contribution in [-0.2, 0) is 21.2 Å². The maximum atomic E-state index is 11.5. The van der Waals surface area contributed by atoms with Gasteiger partial charge in [0.2, 0.25) is 15.9 Å². The predicted molar refractivity (Wildman–Crippen MR) is 76.4 cm³/mol. The Balaban J connectivity index is 2.96. The summed E-state index contributed by atoms with van der Waals surface area (Å²) in [7, 11) is -2.50. The number of ether oxygens (including phenoxy) is 1. The Kier molecular flexibility index (Phi) is 5.79. The minimum Gasteiger partial charge on any atom is -0.495 e. The van der Waals surface area contributed by atoms with Crippen LogP contribution in [0.2, 0.25) is 0 Å². The van der Waals surface area contributed by atoms with Gasteiger partial charge in [-0.2, -0.15) is 0 Å². The lowest BCUT2D eigenvalue weighted by Gasteiger charge is -2.14.